The molecule has 0 bridgehead atoms. The van der Waals surface area contributed by atoms with Crippen LogP contribution >= 0.6 is 11.3 Å². The minimum atomic E-state index is 0.0154. The molecule has 4 aromatic rings. The summed E-state index contributed by atoms with van der Waals surface area (Å²) in [7, 11) is 0. The minimum Gasteiger partial charge on any atom is -0.335 e. The first kappa shape index (κ1) is 19.7. The number of amides is 1. The molecule has 0 radical (unpaired) electrons. The van der Waals surface area contributed by atoms with Crippen molar-refractivity contribution in [1.82, 2.24) is 14.8 Å². The molecule has 1 aliphatic heterocycles. The topological polar surface area (TPSA) is 48.5 Å². The molecule has 6 heteroatoms. The Bertz CT molecular complexity index is 1180. The van der Waals surface area contributed by atoms with Crippen molar-refractivity contribution in [3.05, 3.63) is 89.4 Å². The molecule has 5 nitrogen and oxygen atoms in total. The van der Waals surface area contributed by atoms with Crippen LogP contribution < -0.4 is 5.32 Å². The summed E-state index contributed by atoms with van der Waals surface area (Å²) in [4.78, 5) is 21.9. The van der Waals surface area contributed by atoms with Gasteiger partial charge in [-0.05, 0) is 17.0 Å². The molecule has 0 aliphatic carbocycles. The fourth-order valence-corrected chi connectivity index (χ4v) is 4.69. The summed E-state index contributed by atoms with van der Waals surface area (Å²) >= 11 is 1.47. The van der Waals surface area contributed by atoms with E-state index in [-0.39, 0.29) is 5.91 Å². The highest BCUT2D eigenvalue weighted by Gasteiger charge is 2.24. The summed E-state index contributed by atoms with van der Waals surface area (Å²) in [5.41, 5.74) is 2.83. The number of carbonyl (C=O) groups is 1. The Morgan fingerprint density at radius 1 is 0.903 bits per heavy atom. The molecule has 1 aliphatic rings. The normalized spacial score (nSPS) is 14.6. The van der Waals surface area contributed by atoms with Gasteiger partial charge in [0.2, 0.25) is 0 Å². The second-order valence-electron chi connectivity index (χ2n) is 7.74. The lowest BCUT2D eigenvalue weighted by Gasteiger charge is -2.34. The van der Waals surface area contributed by atoms with Crippen LogP contribution in [0, 0.1) is 0 Å². The Morgan fingerprint density at radius 2 is 1.65 bits per heavy atom. The molecule has 31 heavy (non-hydrogen) atoms. The average Bonchev–Trinajstić information content (AvgIpc) is 3.29. The van der Waals surface area contributed by atoms with Crippen LogP contribution in [-0.2, 0) is 6.54 Å². The Kier molecular flexibility index (Phi) is 5.65. The second kappa shape index (κ2) is 8.88. The number of anilines is 2. The van der Waals surface area contributed by atoms with Crippen LogP contribution in [-0.4, -0.2) is 46.9 Å². The monoisotopic (exact) mass is 428 g/mol. The number of carbonyl (C=O) groups excluding carboxylic acids is 1. The zero-order chi connectivity index (χ0) is 21.0. The molecule has 1 N–H and O–H groups in total. The van der Waals surface area contributed by atoms with Gasteiger partial charge in [0.15, 0.2) is 5.13 Å². The SMILES string of the molecule is O=C(c1csc(Nc2cccc3ccccc23)n1)N1CCN(Cc2ccccc2)CC1. The van der Waals surface area contributed by atoms with Crippen LogP contribution in [0.1, 0.15) is 16.1 Å². The van der Waals surface area contributed by atoms with Crippen molar-refractivity contribution in [2.24, 2.45) is 0 Å². The van der Waals surface area contributed by atoms with E-state index in [0.717, 1.165) is 48.9 Å². The molecule has 0 spiro atoms. The molecular formula is C25H24N4OS. The fourth-order valence-electron chi connectivity index (χ4n) is 3.99. The minimum absolute atomic E-state index is 0.0154. The van der Waals surface area contributed by atoms with Crippen molar-refractivity contribution in [3.8, 4) is 0 Å². The van der Waals surface area contributed by atoms with Crippen molar-refractivity contribution < 1.29 is 4.79 Å². The lowest BCUT2D eigenvalue weighted by atomic mass is 10.1. The first-order valence-corrected chi connectivity index (χ1v) is 11.4. The highest BCUT2D eigenvalue weighted by molar-refractivity contribution is 7.14. The number of benzene rings is 3. The molecule has 1 fully saturated rings. The van der Waals surface area contributed by atoms with E-state index in [1.165, 1.54) is 22.3 Å². The molecule has 5 rings (SSSR count). The van der Waals surface area contributed by atoms with Crippen molar-refractivity contribution in [1.29, 1.82) is 0 Å². The van der Waals surface area contributed by atoms with E-state index in [9.17, 15) is 4.79 Å². The van der Waals surface area contributed by atoms with Gasteiger partial charge in [0, 0.05) is 49.2 Å². The summed E-state index contributed by atoms with van der Waals surface area (Å²) in [5, 5.41) is 8.30. The zero-order valence-corrected chi connectivity index (χ0v) is 18.0. The van der Waals surface area contributed by atoms with E-state index < -0.39 is 0 Å². The van der Waals surface area contributed by atoms with Gasteiger partial charge in [0.1, 0.15) is 5.69 Å². The summed E-state index contributed by atoms with van der Waals surface area (Å²) in [6.07, 6.45) is 0. The highest BCUT2D eigenvalue weighted by Crippen LogP contribution is 2.28. The number of hydrogen-bond acceptors (Lipinski definition) is 5. The molecule has 1 amide bonds. The molecule has 2 heterocycles. The third-order valence-corrected chi connectivity index (χ3v) is 6.42. The van der Waals surface area contributed by atoms with E-state index in [1.54, 1.807) is 0 Å². The number of piperazine rings is 1. The van der Waals surface area contributed by atoms with Gasteiger partial charge < -0.3 is 10.2 Å². The second-order valence-corrected chi connectivity index (χ2v) is 8.60. The number of fused-ring (bicyclic) bond motifs is 1. The van der Waals surface area contributed by atoms with Gasteiger partial charge in [0.05, 0.1) is 0 Å². The van der Waals surface area contributed by atoms with Crippen molar-refractivity contribution in [3.63, 3.8) is 0 Å². The number of nitrogens with zero attached hydrogens (tertiary/aromatic N) is 3. The van der Waals surface area contributed by atoms with Gasteiger partial charge in [-0.3, -0.25) is 9.69 Å². The van der Waals surface area contributed by atoms with E-state index in [2.05, 4.69) is 57.7 Å². The molecule has 0 saturated carbocycles. The van der Waals surface area contributed by atoms with E-state index in [4.69, 9.17) is 0 Å². The predicted octanol–water partition coefficient (Wildman–Crippen LogP) is 5.00. The van der Waals surface area contributed by atoms with Gasteiger partial charge in [-0.1, -0.05) is 66.7 Å². The van der Waals surface area contributed by atoms with Crippen LogP contribution in [0.25, 0.3) is 10.8 Å². The molecular weight excluding hydrogens is 404 g/mol. The van der Waals surface area contributed by atoms with E-state index in [1.807, 2.05) is 40.6 Å². The van der Waals surface area contributed by atoms with Crippen LogP contribution in [0.4, 0.5) is 10.8 Å². The lowest BCUT2D eigenvalue weighted by Crippen LogP contribution is -2.48. The van der Waals surface area contributed by atoms with Gasteiger partial charge >= 0.3 is 0 Å². The third kappa shape index (κ3) is 4.45. The maximum absolute atomic E-state index is 13.0. The Balaban J connectivity index is 1.21. The molecule has 1 aromatic heterocycles. The maximum atomic E-state index is 13.0. The standard InChI is InChI=1S/C25H24N4OS/c30-24(29-15-13-28(14-16-29)17-19-7-2-1-3-8-19)23-18-31-25(27-23)26-22-12-6-10-20-9-4-5-11-21(20)22/h1-12,18H,13-17H2,(H,26,27). The first-order valence-electron chi connectivity index (χ1n) is 10.5. The maximum Gasteiger partial charge on any atom is 0.273 e. The van der Waals surface area contributed by atoms with Crippen LogP contribution in [0.3, 0.4) is 0 Å². The number of rotatable bonds is 5. The Morgan fingerprint density at radius 3 is 2.48 bits per heavy atom. The average molecular weight is 429 g/mol. The largest absolute Gasteiger partial charge is 0.335 e. The van der Waals surface area contributed by atoms with Gasteiger partial charge in [0.25, 0.3) is 5.91 Å². The van der Waals surface area contributed by atoms with Crippen LogP contribution in [0.15, 0.2) is 78.2 Å². The van der Waals surface area contributed by atoms with Crippen molar-refractivity contribution in [2.45, 2.75) is 6.54 Å². The molecule has 1 saturated heterocycles. The Hall–Kier alpha value is -3.22. The van der Waals surface area contributed by atoms with E-state index >= 15 is 0 Å². The zero-order valence-electron chi connectivity index (χ0n) is 17.2. The van der Waals surface area contributed by atoms with Gasteiger partial charge in [-0.15, -0.1) is 11.3 Å². The quantitative estimate of drug-likeness (QED) is 0.486. The summed E-state index contributed by atoms with van der Waals surface area (Å²) in [5.74, 6) is 0.0154. The molecule has 3 aromatic carbocycles. The molecule has 0 atom stereocenters. The number of thiazole rings is 1. The summed E-state index contributed by atoms with van der Waals surface area (Å²) in [6, 6.07) is 24.9. The van der Waals surface area contributed by atoms with Gasteiger partial charge in [-0.2, -0.15) is 0 Å². The predicted molar refractivity (Wildman–Crippen MR) is 127 cm³/mol. The fraction of sp³-hybridized carbons (Fsp3) is 0.200. The molecule has 0 unspecified atom stereocenters. The highest BCUT2D eigenvalue weighted by atomic mass is 32.1. The summed E-state index contributed by atoms with van der Waals surface area (Å²) < 4.78 is 0. The molecule has 156 valence electrons. The van der Waals surface area contributed by atoms with Crippen molar-refractivity contribution >= 4 is 38.8 Å². The van der Waals surface area contributed by atoms with Crippen molar-refractivity contribution in [2.75, 3.05) is 31.5 Å². The van der Waals surface area contributed by atoms with Crippen LogP contribution in [0.2, 0.25) is 0 Å². The van der Waals surface area contributed by atoms with E-state index in [0.29, 0.717) is 5.69 Å². The first-order chi connectivity index (χ1) is 15.3. The number of hydrogen-bond donors (Lipinski definition) is 1. The van der Waals surface area contributed by atoms with Gasteiger partial charge in [-0.25, -0.2) is 4.98 Å². The summed E-state index contributed by atoms with van der Waals surface area (Å²) in [6.45, 7) is 4.15. The third-order valence-electron chi connectivity index (χ3n) is 5.66. The lowest BCUT2D eigenvalue weighted by molar-refractivity contribution is 0.0623. The number of nitrogens with one attached hydrogen (secondary N) is 1. The van der Waals surface area contributed by atoms with Crippen LogP contribution in [0.5, 0.6) is 0 Å². The number of aromatic nitrogens is 1. The Labute approximate surface area is 186 Å². The smallest absolute Gasteiger partial charge is 0.273 e.